The van der Waals surface area contributed by atoms with E-state index in [9.17, 15) is 4.79 Å². The fourth-order valence-electron chi connectivity index (χ4n) is 0.838. The normalized spacial score (nSPS) is 9.62. The van der Waals surface area contributed by atoms with Gasteiger partial charge < -0.3 is 15.6 Å². The number of para-hydroxylation sites is 2. The van der Waals surface area contributed by atoms with Crippen LogP contribution in [0.5, 0.6) is 5.75 Å². The minimum absolute atomic E-state index is 0.0195. The molecule has 1 aromatic carbocycles. The van der Waals surface area contributed by atoms with Gasteiger partial charge >= 0.3 is 5.97 Å². The predicted octanol–water partition coefficient (Wildman–Crippen LogP) is 0.557. The summed E-state index contributed by atoms with van der Waals surface area (Å²) in [5.74, 6) is -0.152. The van der Waals surface area contributed by atoms with Crippen LogP contribution in [0.25, 0.3) is 0 Å². The van der Waals surface area contributed by atoms with Gasteiger partial charge in [-0.05, 0) is 12.1 Å². The second-order valence-electron chi connectivity index (χ2n) is 2.49. The molecule has 0 radical (unpaired) electrons. The van der Waals surface area contributed by atoms with Gasteiger partial charge in [-0.1, -0.05) is 12.1 Å². The highest BCUT2D eigenvalue weighted by atomic mass is 16.5. The molecule has 0 saturated carbocycles. The molecule has 0 atom stereocenters. The Balaban J connectivity index is 2.63. The van der Waals surface area contributed by atoms with Gasteiger partial charge in [0.25, 0.3) is 0 Å². The zero-order valence-corrected chi connectivity index (χ0v) is 7.06. The number of rotatable bonds is 3. The molecular weight excluding hydrogens is 170 g/mol. The molecule has 4 nitrogen and oxygen atoms in total. The standard InChI is InChI=1S/C9H11NO3/c10-7-3-1-2-4-8(7)13-9(12)5-6-11/h1-4,11H,5-6,10H2. The fourth-order valence-corrected chi connectivity index (χ4v) is 0.838. The molecule has 0 aromatic heterocycles. The highest BCUT2D eigenvalue weighted by Gasteiger charge is 2.05. The second kappa shape index (κ2) is 4.47. The molecule has 0 amide bonds. The van der Waals surface area contributed by atoms with Crippen molar-refractivity contribution < 1.29 is 14.6 Å². The quantitative estimate of drug-likeness (QED) is 0.406. The van der Waals surface area contributed by atoms with Crippen molar-refractivity contribution in [3.8, 4) is 5.75 Å². The minimum Gasteiger partial charge on any atom is -0.424 e. The Morgan fingerprint density at radius 1 is 1.46 bits per heavy atom. The monoisotopic (exact) mass is 181 g/mol. The summed E-state index contributed by atoms with van der Waals surface area (Å²) in [4.78, 5) is 10.9. The largest absolute Gasteiger partial charge is 0.424 e. The average Bonchev–Trinajstić information content (AvgIpc) is 2.09. The highest BCUT2D eigenvalue weighted by molar-refractivity contribution is 5.74. The zero-order valence-electron chi connectivity index (χ0n) is 7.06. The Labute approximate surface area is 75.9 Å². The first kappa shape index (κ1) is 9.54. The minimum atomic E-state index is -0.486. The molecule has 0 heterocycles. The van der Waals surface area contributed by atoms with Crippen molar-refractivity contribution in [1.82, 2.24) is 0 Å². The van der Waals surface area contributed by atoms with Crippen molar-refractivity contribution >= 4 is 11.7 Å². The number of nitrogens with two attached hydrogens (primary N) is 1. The third-order valence-corrected chi connectivity index (χ3v) is 1.46. The van der Waals surface area contributed by atoms with E-state index in [4.69, 9.17) is 15.6 Å². The maximum Gasteiger partial charge on any atom is 0.313 e. The molecule has 1 aromatic rings. The van der Waals surface area contributed by atoms with E-state index < -0.39 is 5.97 Å². The van der Waals surface area contributed by atoms with Gasteiger partial charge in [0.15, 0.2) is 5.75 Å². The Morgan fingerprint density at radius 2 is 2.15 bits per heavy atom. The fraction of sp³-hybridized carbons (Fsp3) is 0.222. The third-order valence-electron chi connectivity index (χ3n) is 1.46. The average molecular weight is 181 g/mol. The molecule has 1 rings (SSSR count). The van der Waals surface area contributed by atoms with Crippen molar-refractivity contribution in [3.63, 3.8) is 0 Å². The first-order valence-corrected chi connectivity index (χ1v) is 3.90. The van der Waals surface area contributed by atoms with Crippen molar-refractivity contribution in [1.29, 1.82) is 0 Å². The molecule has 0 saturated heterocycles. The lowest BCUT2D eigenvalue weighted by Gasteiger charge is -2.04. The summed E-state index contributed by atoms with van der Waals surface area (Å²) in [6.07, 6.45) is -0.0195. The molecule has 0 aliphatic heterocycles. The lowest BCUT2D eigenvalue weighted by atomic mass is 10.3. The summed E-state index contributed by atoms with van der Waals surface area (Å²) in [6, 6.07) is 6.71. The van der Waals surface area contributed by atoms with E-state index in [1.165, 1.54) is 0 Å². The van der Waals surface area contributed by atoms with Crippen LogP contribution in [-0.4, -0.2) is 17.7 Å². The van der Waals surface area contributed by atoms with E-state index in [1.807, 2.05) is 0 Å². The Kier molecular flexibility index (Phi) is 3.28. The van der Waals surface area contributed by atoms with Gasteiger partial charge in [0.1, 0.15) is 0 Å². The number of aliphatic hydroxyl groups excluding tert-OH is 1. The summed E-state index contributed by atoms with van der Waals surface area (Å²) in [5, 5.41) is 8.45. The molecule has 0 aliphatic carbocycles. The summed E-state index contributed by atoms with van der Waals surface area (Å²) < 4.78 is 4.86. The number of carbonyl (C=O) groups excluding carboxylic acids is 1. The SMILES string of the molecule is Nc1ccccc1OC(=O)CCO. The Hall–Kier alpha value is -1.55. The van der Waals surface area contributed by atoms with Gasteiger partial charge in [0.05, 0.1) is 18.7 Å². The maximum absolute atomic E-state index is 10.9. The molecule has 0 fully saturated rings. The van der Waals surface area contributed by atoms with E-state index >= 15 is 0 Å². The number of nitrogen functional groups attached to an aromatic ring is 1. The number of esters is 1. The number of hydrogen-bond acceptors (Lipinski definition) is 4. The molecule has 0 unspecified atom stereocenters. The second-order valence-corrected chi connectivity index (χ2v) is 2.49. The highest BCUT2D eigenvalue weighted by Crippen LogP contribution is 2.19. The van der Waals surface area contributed by atoms with Crippen LogP contribution in [0.15, 0.2) is 24.3 Å². The van der Waals surface area contributed by atoms with Gasteiger partial charge in [-0.2, -0.15) is 0 Å². The van der Waals surface area contributed by atoms with Gasteiger partial charge in [-0.3, -0.25) is 4.79 Å². The number of aliphatic hydroxyl groups is 1. The lowest BCUT2D eigenvalue weighted by molar-refractivity contribution is -0.135. The van der Waals surface area contributed by atoms with Crippen LogP contribution < -0.4 is 10.5 Å². The molecule has 70 valence electrons. The van der Waals surface area contributed by atoms with Crippen LogP contribution in [0.2, 0.25) is 0 Å². The van der Waals surface area contributed by atoms with Crippen molar-refractivity contribution in [3.05, 3.63) is 24.3 Å². The van der Waals surface area contributed by atoms with Crippen LogP contribution in [0, 0.1) is 0 Å². The maximum atomic E-state index is 10.9. The topological polar surface area (TPSA) is 72.5 Å². The molecule has 3 N–H and O–H groups in total. The van der Waals surface area contributed by atoms with Crippen LogP contribution in [0.1, 0.15) is 6.42 Å². The van der Waals surface area contributed by atoms with Crippen LogP contribution in [-0.2, 0) is 4.79 Å². The third kappa shape index (κ3) is 2.76. The van der Waals surface area contributed by atoms with E-state index in [1.54, 1.807) is 24.3 Å². The Bertz CT molecular complexity index is 299. The molecule has 0 aliphatic rings. The van der Waals surface area contributed by atoms with Crippen LogP contribution in [0.4, 0.5) is 5.69 Å². The molecule has 0 bridgehead atoms. The number of hydrogen-bond donors (Lipinski definition) is 2. The van der Waals surface area contributed by atoms with Crippen molar-refractivity contribution in [2.45, 2.75) is 6.42 Å². The summed E-state index contributed by atoms with van der Waals surface area (Å²) in [6.45, 7) is -0.217. The molecule has 4 heteroatoms. The number of carbonyl (C=O) groups is 1. The van der Waals surface area contributed by atoms with Gasteiger partial charge in [-0.15, -0.1) is 0 Å². The molecule has 0 spiro atoms. The number of anilines is 1. The van der Waals surface area contributed by atoms with Gasteiger partial charge in [0, 0.05) is 0 Å². The first-order chi connectivity index (χ1) is 6.24. The zero-order chi connectivity index (χ0) is 9.68. The summed E-state index contributed by atoms with van der Waals surface area (Å²) in [7, 11) is 0. The predicted molar refractivity (Wildman–Crippen MR) is 48.2 cm³/mol. The van der Waals surface area contributed by atoms with Gasteiger partial charge in [-0.25, -0.2) is 0 Å². The number of benzene rings is 1. The van der Waals surface area contributed by atoms with Crippen LogP contribution in [0.3, 0.4) is 0 Å². The van der Waals surface area contributed by atoms with E-state index in [0.29, 0.717) is 11.4 Å². The van der Waals surface area contributed by atoms with Crippen molar-refractivity contribution in [2.24, 2.45) is 0 Å². The van der Waals surface area contributed by atoms with E-state index in [-0.39, 0.29) is 13.0 Å². The Morgan fingerprint density at radius 3 is 2.77 bits per heavy atom. The van der Waals surface area contributed by atoms with E-state index in [2.05, 4.69) is 0 Å². The van der Waals surface area contributed by atoms with Crippen molar-refractivity contribution in [2.75, 3.05) is 12.3 Å². The van der Waals surface area contributed by atoms with E-state index in [0.717, 1.165) is 0 Å². The lowest BCUT2D eigenvalue weighted by Crippen LogP contribution is -2.10. The first-order valence-electron chi connectivity index (χ1n) is 3.90. The summed E-state index contributed by atoms with van der Waals surface area (Å²) in [5.41, 5.74) is 5.94. The summed E-state index contributed by atoms with van der Waals surface area (Å²) >= 11 is 0. The number of ether oxygens (including phenoxy) is 1. The van der Waals surface area contributed by atoms with Gasteiger partial charge in [0.2, 0.25) is 0 Å². The molecular formula is C9H11NO3. The van der Waals surface area contributed by atoms with Crippen LogP contribution >= 0.6 is 0 Å². The smallest absolute Gasteiger partial charge is 0.313 e. The molecule has 13 heavy (non-hydrogen) atoms.